The van der Waals surface area contributed by atoms with E-state index in [1.807, 2.05) is 0 Å². The average Bonchev–Trinajstić information content (AvgIpc) is 3.73. The Bertz CT molecular complexity index is 1410. The summed E-state index contributed by atoms with van der Waals surface area (Å²) in [6.07, 6.45) is 5.24. The molecule has 2 aromatic heterocycles. The summed E-state index contributed by atoms with van der Waals surface area (Å²) in [5.74, 6) is -2.09. The molecule has 2 amide bonds. The van der Waals surface area contributed by atoms with Crippen molar-refractivity contribution in [1.29, 1.82) is 0 Å². The number of benzene rings is 1. The number of halogens is 4. The monoisotopic (exact) mass is 592 g/mol. The van der Waals surface area contributed by atoms with Crippen LogP contribution in [0.1, 0.15) is 50.9 Å². The Labute approximate surface area is 237 Å². The van der Waals surface area contributed by atoms with Gasteiger partial charge < -0.3 is 14.2 Å². The number of nitrogens with one attached hydrogen (secondary N) is 1. The highest BCUT2D eigenvalue weighted by Crippen LogP contribution is 2.38. The molecule has 1 N–H and O–H groups in total. The van der Waals surface area contributed by atoms with Crippen LogP contribution in [0.3, 0.4) is 0 Å². The van der Waals surface area contributed by atoms with Crippen LogP contribution in [-0.4, -0.2) is 47.4 Å². The van der Waals surface area contributed by atoms with E-state index in [0.717, 1.165) is 17.7 Å². The minimum atomic E-state index is -3.07. The number of ether oxygens (including phenoxy) is 3. The predicted molar refractivity (Wildman–Crippen MR) is 136 cm³/mol. The Kier molecular flexibility index (Phi) is 8.13. The van der Waals surface area contributed by atoms with Crippen LogP contribution >= 0.6 is 23.2 Å². The van der Waals surface area contributed by atoms with Gasteiger partial charge in [-0.05, 0) is 48.6 Å². The number of amides is 2. The van der Waals surface area contributed by atoms with Gasteiger partial charge in [0.2, 0.25) is 0 Å². The number of esters is 1. The highest BCUT2D eigenvalue weighted by Gasteiger charge is 2.38. The number of alkyl halides is 2. The van der Waals surface area contributed by atoms with Gasteiger partial charge in [0.1, 0.15) is 28.4 Å². The van der Waals surface area contributed by atoms with Crippen LogP contribution in [-0.2, 0) is 16.0 Å². The van der Waals surface area contributed by atoms with Gasteiger partial charge in [-0.1, -0.05) is 29.3 Å². The molecule has 3 heterocycles. The summed E-state index contributed by atoms with van der Waals surface area (Å²) in [5, 5.41) is 0.533. The number of rotatable bonds is 11. The number of pyridine rings is 2. The smallest absolute Gasteiger partial charge is 0.387 e. The first-order chi connectivity index (χ1) is 19.2. The van der Waals surface area contributed by atoms with Crippen LogP contribution in [0.2, 0.25) is 10.0 Å². The van der Waals surface area contributed by atoms with Crippen LogP contribution < -0.4 is 14.5 Å². The molecule has 1 atom stereocenters. The highest BCUT2D eigenvalue weighted by atomic mass is 35.5. The molecule has 0 radical (unpaired) electrons. The Morgan fingerprint density at radius 1 is 1.10 bits per heavy atom. The maximum atomic E-state index is 13.1. The SMILES string of the molecule is O=C(CN1C(=O)c2cccnc2C1=O)O[C@@H](Cc1c(Cl)c[nH+]cc1Cl)c1ccc(OC(F)F)c(OCC2CC2)c1. The number of nitrogens with zero attached hydrogens (tertiary/aromatic N) is 2. The lowest BCUT2D eigenvalue weighted by Gasteiger charge is -2.22. The Morgan fingerprint density at radius 2 is 1.85 bits per heavy atom. The molecule has 3 aromatic rings. The topological polar surface area (TPSA) is 109 Å². The minimum Gasteiger partial charge on any atom is -0.489 e. The van der Waals surface area contributed by atoms with Gasteiger partial charge in [-0.3, -0.25) is 24.3 Å². The summed E-state index contributed by atoms with van der Waals surface area (Å²) in [4.78, 5) is 46.0. The molecule has 9 nitrogen and oxygen atoms in total. The molecule has 40 heavy (non-hydrogen) atoms. The molecule has 0 unspecified atom stereocenters. The fourth-order valence-corrected chi connectivity index (χ4v) is 4.72. The second-order valence-electron chi connectivity index (χ2n) is 9.25. The summed E-state index contributed by atoms with van der Waals surface area (Å²) in [7, 11) is 0. The molecule has 5 rings (SSSR count). The first-order valence-electron chi connectivity index (χ1n) is 12.3. The number of H-pyrrole nitrogens is 1. The van der Waals surface area contributed by atoms with Crippen molar-refractivity contribution in [1.82, 2.24) is 9.88 Å². The van der Waals surface area contributed by atoms with E-state index in [1.165, 1.54) is 48.9 Å². The zero-order valence-electron chi connectivity index (χ0n) is 20.7. The highest BCUT2D eigenvalue weighted by molar-refractivity contribution is 6.35. The number of imide groups is 1. The van der Waals surface area contributed by atoms with Crippen molar-refractivity contribution < 1.29 is 42.4 Å². The van der Waals surface area contributed by atoms with Gasteiger partial charge in [0, 0.05) is 18.2 Å². The van der Waals surface area contributed by atoms with Crippen LogP contribution in [0.4, 0.5) is 8.78 Å². The molecule has 1 saturated carbocycles. The van der Waals surface area contributed by atoms with Gasteiger partial charge in [-0.25, -0.2) is 4.98 Å². The molecule has 0 saturated heterocycles. The number of aromatic amines is 1. The predicted octanol–water partition coefficient (Wildman–Crippen LogP) is 4.72. The Hall–Kier alpha value is -3.83. The molecular formula is C27H22Cl2F2N3O6+. The Morgan fingerprint density at radius 3 is 2.52 bits per heavy atom. The molecule has 1 aromatic carbocycles. The van der Waals surface area contributed by atoms with E-state index in [4.69, 9.17) is 32.7 Å². The summed E-state index contributed by atoms with van der Waals surface area (Å²) >= 11 is 12.7. The lowest BCUT2D eigenvalue weighted by molar-refractivity contribution is -0.377. The molecule has 1 fully saturated rings. The van der Waals surface area contributed by atoms with Gasteiger partial charge in [-0.15, -0.1) is 0 Å². The first-order valence-corrected chi connectivity index (χ1v) is 13.0. The van der Waals surface area contributed by atoms with Crippen molar-refractivity contribution in [2.24, 2.45) is 5.92 Å². The number of carbonyl (C=O) groups is 3. The third-order valence-corrected chi connectivity index (χ3v) is 7.08. The van der Waals surface area contributed by atoms with Crippen LogP contribution in [0, 0.1) is 5.92 Å². The summed E-state index contributed by atoms with van der Waals surface area (Å²) in [6.45, 7) is -3.44. The van der Waals surface area contributed by atoms with E-state index in [-0.39, 0.29) is 39.2 Å². The molecule has 1 aliphatic carbocycles. The molecule has 13 heteroatoms. The first kappa shape index (κ1) is 27.7. The van der Waals surface area contributed by atoms with Crippen molar-refractivity contribution in [3.8, 4) is 11.5 Å². The van der Waals surface area contributed by atoms with E-state index in [2.05, 4.69) is 14.7 Å². The molecule has 1 aliphatic heterocycles. The van der Waals surface area contributed by atoms with Crippen molar-refractivity contribution >= 4 is 41.0 Å². The number of aromatic nitrogens is 2. The maximum Gasteiger partial charge on any atom is 0.387 e. The normalized spacial score (nSPS) is 15.3. The van der Waals surface area contributed by atoms with E-state index < -0.39 is 37.0 Å². The lowest BCUT2D eigenvalue weighted by Crippen LogP contribution is -2.36. The molecule has 208 valence electrons. The average molecular weight is 593 g/mol. The second kappa shape index (κ2) is 11.7. The van der Waals surface area contributed by atoms with Crippen LogP contribution in [0.25, 0.3) is 0 Å². The zero-order valence-corrected chi connectivity index (χ0v) is 22.3. The molecule has 0 bridgehead atoms. The van der Waals surface area contributed by atoms with Gasteiger partial charge in [-0.2, -0.15) is 8.78 Å². The van der Waals surface area contributed by atoms with E-state index in [1.54, 1.807) is 0 Å². The summed E-state index contributed by atoms with van der Waals surface area (Å²) in [6, 6.07) is 7.14. The fourth-order valence-electron chi connectivity index (χ4n) is 4.19. The van der Waals surface area contributed by atoms with Gasteiger partial charge >= 0.3 is 12.6 Å². The largest absolute Gasteiger partial charge is 0.489 e. The van der Waals surface area contributed by atoms with Crippen molar-refractivity contribution in [3.63, 3.8) is 0 Å². The minimum absolute atomic E-state index is 0.0150. The number of hydrogen-bond acceptors (Lipinski definition) is 7. The van der Waals surface area contributed by atoms with Gasteiger partial charge in [0.15, 0.2) is 23.9 Å². The Balaban J connectivity index is 1.42. The van der Waals surface area contributed by atoms with Gasteiger partial charge in [0.05, 0.1) is 12.2 Å². The number of carbonyl (C=O) groups excluding carboxylic acids is 3. The lowest BCUT2D eigenvalue weighted by atomic mass is 10.0. The van der Waals surface area contributed by atoms with Crippen molar-refractivity contribution in [2.75, 3.05) is 13.2 Å². The molecular weight excluding hydrogens is 571 g/mol. The third kappa shape index (κ3) is 6.15. The van der Waals surface area contributed by atoms with E-state index >= 15 is 0 Å². The van der Waals surface area contributed by atoms with E-state index in [9.17, 15) is 23.2 Å². The van der Waals surface area contributed by atoms with Crippen LogP contribution in [0.5, 0.6) is 11.5 Å². The maximum absolute atomic E-state index is 13.1. The van der Waals surface area contributed by atoms with E-state index in [0.29, 0.717) is 23.7 Å². The van der Waals surface area contributed by atoms with Crippen molar-refractivity contribution in [3.05, 3.63) is 81.4 Å². The van der Waals surface area contributed by atoms with Crippen LogP contribution in [0.15, 0.2) is 48.9 Å². The summed E-state index contributed by atoms with van der Waals surface area (Å²) < 4.78 is 42.2. The molecule has 0 spiro atoms. The molecule has 2 aliphatic rings. The fraction of sp³-hybridized carbons (Fsp3) is 0.296. The number of fused-ring (bicyclic) bond motifs is 1. The zero-order chi connectivity index (χ0) is 28.4. The third-order valence-electron chi connectivity index (χ3n) is 6.41. The van der Waals surface area contributed by atoms with Gasteiger partial charge in [0.25, 0.3) is 11.8 Å². The van der Waals surface area contributed by atoms with Crippen molar-refractivity contribution in [2.45, 2.75) is 32.0 Å². The summed E-state index contributed by atoms with van der Waals surface area (Å²) in [5.41, 5.74) is 0.842. The second-order valence-corrected chi connectivity index (χ2v) is 10.1. The quantitative estimate of drug-likeness (QED) is 0.234. The standard InChI is InChI=1S/C27H21Cl2F2N3O6/c28-18-10-32-11-19(29)17(18)9-21(15-5-6-20(40-27(30)31)22(8-15)38-13-14-3-4-14)39-23(35)12-34-25(36)16-2-1-7-33-24(16)26(34)37/h1-2,5-8,10-11,14,21,27H,3-4,9,12-13H2/p+1/t21-/m0/s1. The number of hydrogen-bond donors (Lipinski definition) is 0.